The summed E-state index contributed by atoms with van der Waals surface area (Å²) in [5, 5.41) is 0. The molecule has 0 spiro atoms. The molecule has 0 aliphatic heterocycles. The smallest absolute Gasteiger partial charge is 0.317 e. The Morgan fingerprint density at radius 3 is 2.29 bits per heavy atom. The quantitative estimate of drug-likeness (QED) is 0.353. The Labute approximate surface area is 163 Å². The molecule has 7 nitrogen and oxygen atoms in total. The standard InChI is InChI=1S/C21H23NO6/c1-3-26-19(23)12-17(21(25)27-4-2)20(24)16-10-11-18(22-13-16)28-14-15-8-6-5-7-9-15/h5-11,13,17H,3-4,12,14H2,1-2H3. The molecule has 28 heavy (non-hydrogen) atoms. The van der Waals surface area contributed by atoms with Gasteiger partial charge in [-0.05, 0) is 25.5 Å². The Balaban J connectivity index is 2.06. The van der Waals surface area contributed by atoms with E-state index in [1.807, 2.05) is 30.3 Å². The second kappa shape index (κ2) is 10.8. The van der Waals surface area contributed by atoms with Gasteiger partial charge in [0.05, 0.1) is 19.6 Å². The first kappa shape index (κ1) is 21.1. The Bertz CT molecular complexity index is 788. The zero-order chi connectivity index (χ0) is 20.4. The first-order chi connectivity index (χ1) is 13.5. The molecule has 1 aromatic heterocycles. The van der Waals surface area contributed by atoms with Crippen molar-refractivity contribution in [2.75, 3.05) is 13.2 Å². The minimum Gasteiger partial charge on any atom is -0.473 e. The second-order valence-electron chi connectivity index (χ2n) is 5.84. The number of carbonyl (C=O) groups excluding carboxylic acids is 3. The van der Waals surface area contributed by atoms with Gasteiger partial charge in [0, 0.05) is 17.8 Å². The van der Waals surface area contributed by atoms with Gasteiger partial charge in [0.25, 0.3) is 0 Å². The van der Waals surface area contributed by atoms with Crippen LogP contribution in [0.15, 0.2) is 48.7 Å². The van der Waals surface area contributed by atoms with Crippen LogP contribution < -0.4 is 4.74 Å². The first-order valence-corrected chi connectivity index (χ1v) is 9.04. The maximum atomic E-state index is 12.7. The predicted molar refractivity (Wildman–Crippen MR) is 101 cm³/mol. The van der Waals surface area contributed by atoms with E-state index in [1.54, 1.807) is 19.9 Å². The average Bonchev–Trinajstić information content (AvgIpc) is 2.71. The number of benzene rings is 1. The van der Waals surface area contributed by atoms with Gasteiger partial charge in [0.2, 0.25) is 5.88 Å². The zero-order valence-electron chi connectivity index (χ0n) is 15.9. The fraction of sp³-hybridized carbons (Fsp3) is 0.333. The first-order valence-electron chi connectivity index (χ1n) is 9.04. The molecule has 0 amide bonds. The van der Waals surface area contributed by atoms with Crippen molar-refractivity contribution in [2.24, 2.45) is 5.92 Å². The van der Waals surface area contributed by atoms with E-state index >= 15 is 0 Å². The molecule has 2 rings (SSSR count). The number of ether oxygens (including phenoxy) is 3. The van der Waals surface area contributed by atoms with Crippen molar-refractivity contribution >= 4 is 17.7 Å². The number of rotatable bonds is 10. The summed E-state index contributed by atoms with van der Waals surface area (Å²) >= 11 is 0. The summed E-state index contributed by atoms with van der Waals surface area (Å²) in [7, 11) is 0. The summed E-state index contributed by atoms with van der Waals surface area (Å²) in [6, 6.07) is 12.6. The fourth-order valence-corrected chi connectivity index (χ4v) is 2.46. The summed E-state index contributed by atoms with van der Waals surface area (Å²) in [6.07, 6.45) is 0.942. The molecule has 2 aromatic rings. The highest BCUT2D eigenvalue weighted by molar-refractivity contribution is 6.10. The van der Waals surface area contributed by atoms with Crippen LogP contribution >= 0.6 is 0 Å². The molecule has 1 atom stereocenters. The van der Waals surface area contributed by atoms with Crippen LogP contribution in [0.4, 0.5) is 0 Å². The predicted octanol–water partition coefficient (Wildman–Crippen LogP) is 2.98. The number of hydrogen-bond donors (Lipinski definition) is 0. The summed E-state index contributed by atoms with van der Waals surface area (Å²) in [5.74, 6) is -2.86. The van der Waals surface area contributed by atoms with Gasteiger partial charge < -0.3 is 14.2 Å². The zero-order valence-corrected chi connectivity index (χ0v) is 15.9. The van der Waals surface area contributed by atoms with Crippen molar-refractivity contribution in [1.82, 2.24) is 4.98 Å². The lowest BCUT2D eigenvalue weighted by atomic mass is 9.95. The minimum atomic E-state index is -1.27. The summed E-state index contributed by atoms with van der Waals surface area (Å²) in [4.78, 5) is 40.7. The molecule has 0 aliphatic carbocycles. The number of carbonyl (C=O) groups is 3. The molecule has 0 bridgehead atoms. The van der Waals surface area contributed by atoms with E-state index < -0.39 is 23.6 Å². The van der Waals surface area contributed by atoms with E-state index in [0.29, 0.717) is 12.5 Å². The number of Topliss-reactive ketones (excluding diaryl/α,β-unsaturated/α-hetero) is 1. The topological polar surface area (TPSA) is 91.8 Å². The van der Waals surface area contributed by atoms with Gasteiger partial charge in [-0.15, -0.1) is 0 Å². The van der Waals surface area contributed by atoms with Gasteiger partial charge in [-0.3, -0.25) is 14.4 Å². The number of esters is 2. The van der Waals surface area contributed by atoms with E-state index in [-0.39, 0.29) is 25.2 Å². The maximum absolute atomic E-state index is 12.7. The summed E-state index contributed by atoms with van der Waals surface area (Å²) in [6.45, 7) is 3.89. The molecule has 0 saturated heterocycles. The van der Waals surface area contributed by atoms with Crippen molar-refractivity contribution in [1.29, 1.82) is 0 Å². The van der Waals surface area contributed by atoms with Crippen molar-refractivity contribution in [3.05, 3.63) is 59.8 Å². The molecule has 0 fully saturated rings. The van der Waals surface area contributed by atoms with Gasteiger partial charge in [-0.2, -0.15) is 0 Å². The van der Waals surface area contributed by atoms with Crippen molar-refractivity contribution in [2.45, 2.75) is 26.9 Å². The van der Waals surface area contributed by atoms with Crippen LogP contribution in [0.1, 0.15) is 36.2 Å². The van der Waals surface area contributed by atoms with Crippen LogP contribution in [-0.4, -0.2) is 35.9 Å². The Morgan fingerprint density at radius 2 is 1.68 bits per heavy atom. The van der Waals surface area contributed by atoms with E-state index in [9.17, 15) is 14.4 Å². The van der Waals surface area contributed by atoms with Crippen LogP contribution in [0.5, 0.6) is 5.88 Å². The molecule has 1 unspecified atom stereocenters. The largest absolute Gasteiger partial charge is 0.473 e. The molecule has 1 aromatic carbocycles. The van der Waals surface area contributed by atoms with Gasteiger partial charge >= 0.3 is 11.9 Å². The molecule has 7 heteroatoms. The average molecular weight is 385 g/mol. The van der Waals surface area contributed by atoms with Gasteiger partial charge in [-0.1, -0.05) is 30.3 Å². The molecule has 148 valence electrons. The molecule has 0 radical (unpaired) electrons. The van der Waals surface area contributed by atoms with E-state index in [4.69, 9.17) is 14.2 Å². The lowest BCUT2D eigenvalue weighted by Gasteiger charge is -2.14. The third-order valence-electron chi connectivity index (χ3n) is 3.81. The van der Waals surface area contributed by atoms with E-state index in [2.05, 4.69) is 4.98 Å². The molecule has 0 aliphatic rings. The molecular formula is C21H23NO6. The van der Waals surface area contributed by atoms with Gasteiger partial charge in [0.15, 0.2) is 5.78 Å². The third-order valence-corrected chi connectivity index (χ3v) is 3.81. The second-order valence-corrected chi connectivity index (χ2v) is 5.84. The van der Waals surface area contributed by atoms with Crippen molar-refractivity contribution < 1.29 is 28.6 Å². The Morgan fingerprint density at radius 1 is 0.964 bits per heavy atom. The van der Waals surface area contributed by atoms with Crippen LogP contribution in [-0.2, 0) is 25.7 Å². The minimum absolute atomic E-state index is 0.107. The number of aromatic nitrogens is 1. The number of ketones is 1. The highest BCUT2D eigenvalue weighted by atomic mass is 16.5. The molecule has 1 heterocycles. The normalized spacial score (nSPS) is 11.4. The monoisotopic (exact) mass is 385 g/mol. The van der Waals surface area contributed by atoms with Crippen LogP contribution in [0.25, 0.3) is 0 Å². The summed E-state index contributed by atoms with van der Waals surface area (Å²) < 4.78 is 15.4. The van der Waals surface area contributed by atoms with Crippen LogP contribution in [0.2, 0.25) is 0 Å². The molecule has 0 saturated carbocycles. The lowest BCUT2D eigenvalue weighted by Crippen LogP contribution is -2.29. The van der Waals surface area contributed by atoms with E-state index in [1.165, 1.54) is 12.3 Å². The maximum Gasteiger partial charge on any atom is 0.317 e. The van der Waals surface area contributed by atoms with Gasteiger partial charge in [-0.25, -0.2) is 4.98 Å². The van der Waals surface area contributed by atoms with Gasteiger partial charge in [0.1, 0.15) is 12.5 Å². The van der Waals surface area contributed by atoms with Crippen LogP contribution in [0, 0.1) is 5.92 Å². The third kappa shape index (κ3) is 6.19. The van der Waals surface area contributed by atoms with Crippen molar-refractivity contribution in [3.63, 3.8) is 0 Å². The highest BCUT2D eigenvalue weighted by Gasteiger charge is 2.32. The molecule has 0 N–H and O–H groups in total. The lowest BCUT2D eigenvalue weighted by molar-refractivity contribution is -0.152. The Kier molecular flexibility index (Phi) is 8.14. The molecular weight excluding hydrogens is 362 g/mol. The Hall–Kier alpha value is -3.22. The fourth-order valence-electron chi connectivity index (χ4n) is 2.46. The van der Waals surface area contributed by atoms with E-state index in [0.717, 1.165) is 5.56 Å². The number of pyridine rings is 1. The van der Waals surface area contributed by atoms with Crippen molar-refractivity contribution in [3.8, 4) is 5.88 Å². The van der Waals surface area contributed by atoms with Crippen LogP contribution in [0.3, 0.4) is 0 Å². The highest BCUT2D eigenvalue weighted by Crippen LogP contribution is 2.18. The number of hydrogen-bond acceptors (Lipinski definition) is 7. The SMILES string of the molecule is CCOC(=O)CC(C(=O)OCC)C(=O)c1ccc(OCc2ccccc2)nc1. The number of nitrogens with zero attached hydrogens (tertiary/aromatic N) is 1. The summed E-state index contributed by atoms with van der Waals surface area (Å²) in [5.41, 5.74) is 1.18.